The molecule has 0 saturated heterocycles. The normalized spacial score (nSPS) is 11.8. The molecule has 0 aliphatic heterocycles. The van der Waals surface area contributed by atoms with Crippen molar-refractivity contribution in [1.29, 1.82) is 0 Å². The summed E-state index contributed by atoms with van der Waals surface area (Å²) in [4.78, 5) is 37.7. The summed E-state index contributed by atoms with van der Waals surface area (Å²) in [5.41, 5.74) is 0. The second-order valence-electron chi connectivity index (χ2n) is 18.5. The van der Waals surface area contributed by atoms with E-state index in [0.717, 1.165) is 64.2 Å². The van der Waals surface area contributed by atoms with E-state index in [1.165, 1.54) is 205 Å². The SMILES string of the molecule is CCCCCCCCCCCCCCCCCCCCCC(=O)O[C@H](COC(=O)CCCCCCC)COC(=O)CCCCCCCCCCCCCCCCCCCC. The third-order valence-electron chi connectivity index (χ3n) is 12.4. The first-order valence-corrected chi connectivity index (χ1v) is 27.0. The van der Waals surface area contributed by atoms with Crippen LogP contribution < -0.4 is 0 Å². The molecule has 0 heterocycles. The van der Waals surface area contributed by atoms with Crippen LogP contribution in [0.25, 0.3) is 0 Å². The number of rotatable bonds is 50. The summed E-state index contributed by atoms with van der Waals surface area (Å²) in [5, 5.41) is 0. The van der Waals surface area contributed by atoms with Gasteiger partial charge in [-0.25, -0.2) is 0 Å². The topological polar surface area (TPSA) is 78.9 Å². The fourth-order valence-electron chi connectivity index (χ4n) is 8.27. The maximum absolute atomic E-state index is 12.7. The Hall–Kier alpha value is -1.59. The lowest BCUT2D eigenvalue weighted by molar-refractivity contribution is -0.167. The van der Waals surface area contributed by atoms with Crippen molar-refractivity contribution < 1.29 is 28.6 Å². The molecule has 0 amide bonds. The van der Waals surface area contributed by atoms with Crippen LogP contribution in [0.1, 0.15) is 310 Å². The lowest BCUT2D eigenvalue weighted by atomic mass is 10.0. The van der Waals surface area contributed by atoms with Gasteiger partial charge in [0.25, 0.3) is 0 Å². The van der Waals surface area contributed by atoms with Crippen molar-refractivity contribution in [3.05, 3.63) is 0 Å². The first-order valence-electron chi connectivity index (χ1n) is 27.0. The molecule has 0 aromatic heterocycles. The van der Waals surface area contributed by atoms with Gasteiger partial charge in [0.05, 0.1) is 0 Å². The van der Waals surface area contributed by atoms with Gasteiger partial charge in [0.1, 0.15) is 13.2 Å². The summed E-state index contributed by atoms with van der Waals surface area (Å²) in [6.07, 6.45) is 54.2. The van der Waals surface area contributed by atoms with Gasteiger partial charge >= 0.3 is 17.9 Å². The minimum Gasteiger partial charge on any atom is -0.462 e. The van der Waals surface area contributed by atoms with Crippen LogP contribution in [0.15, 0.2) is 0 Å². The standard InChI is InChI=1S/C54H104O6/c1-4-7-10-13-15-17-19-21-23-25-27-29-31-33-35-37-39-42-45-48-54(57)60-51(49-58-52(55)46-43-40-12-9-6-3)50-59-53(56)47-44-41-38-36-34-32-30-28-26-24-22-20-18-16-14-11-8-5-2/h51H,4-50H2,1-3H3/t51-/m1/s1. The Morgan fingerprint density at radius 1 is 0.267 bits per heavy atom. The lowest BCUT2D eigenvalue weighted by Crippen LogP contribution is -2.30. The van der Waals surface area contributed by atoms with Crippen LogP contribution in [0.2, 0.25) is 0 Å². The van der Waals surface area contributed by atoms with E-state index < -0.39 is 6.10 Å². The molecule has 0 spiro atoms. The third kappa shape index (κ3) is 47.5. The van der Waals surface area contributed by atoms with Crippen molar-refractivity contribution in [3.63, 3.8) is 0 Å². The maximum Gasteiger partial charge on any atom is 0.306 e. The van der Waals surface area contributed by atoms with Crippen LogP contribution in [0.5, 0.6) is 0 Å². The Labute approximate surface area is 374 Å². The Bertz CT molecular complexity index is 889. The van der Waals surface area contributed by atoms with Crippen molar-refractivity contribution in [2.75, 3.05) is 13.2 Å². The monoisotopic (exact) mass is 849 g/mol. The molecule has 0 aliphatic rings. The van der Waals surface area contributed by atoms with Gasteiger partial charge in [0, 0.05) is 19.3 Å². The summed E-state index contributed by atoms with van der Waals surface area (Å²) in [5.74, 6) is -0.854. The highest BCUT2D eigenvalue weighted by Gasteiger charge is 2.19. The van der Waals surface area contributed by atoms with E-state index >= 15 is 0 Å². The molecule has 0 saturated carbocycles. The highest BCUT2D eigenvalue weighted by atomic mass is 16.6. The molecule has 0 aromatic rings. The van der Waals surface area contributed by atoms with Crippen LogP contribution in [0.4, 0.5) is 0 Å². The van der Waals surface area contributed by atoms with Crippen LogP contribution in [-0.2, 0) is 28.6 Å². The Balaban J connectivity index is 4.07. The average molecular weight is 849 g/mol. The van der Waals surface area contributed by atoms with Crippen molar-refractivity contribution in [1.82, 2.24) is 0 Å². The van der Waals surface area contributed by atoms with Crippen LogP contribution in [0.3, 0.4) is 0 Å². The molecule has 0 rings (SSSR count). The number of carbonyl (C=O) groups excluding carboxylic acids is 3. The second kappa shape index (κ2) is 50.1. The van der Waals surface area contributed by atoms with Crippen LogP contribution in [-0.4, -0.2) is 37.2 Å². The molecule has 6 heteroatoms. The zero-order valence-corrected chi connectivity index (χ0v) is 40.8. The predicted octanol–water partition coefficient (Wildman–Crippen LogP) is 17.6. The van der Waals surface area contributed by atoms with Gasteiger partial charge in [-0.1, -0.05) is 271 Å². The van der Waals surface area contributed by atoms with Gasteiger partial charge < -0.3 is 14.2 Å². The van der Waals surface area contributed by atoms with Gasteiger partial charge in [-0.2, -0.15) is 0 Å². The quantitative estimate of drug-likeness (QED) is 0.0345. The minimum absolute atomic E-state index is 0.0629. The highest BCUT2D eigenvalue weighted by molar-refractivity contribution is 5.71. The van der Waals surface area contributed by atoms with E-state index in [1.54, 1.807) is 0 Å². The van der Waals surface area contributed by atoms with Gasteiger partial charge in [0.15, 0.2) is 6.10 Å². The molecule has 6 nitrogen and oxygen atoms in total. The van der Waals surface area contributed by atoms with Crippen molar-refractivity contribution >= 4 is 17.9 Å². The molecular weight excluding hydrogens is 745 g/mol. The number of ether oxygens (including phenoxy) is 3. The molecule has 0 unspecified atom stereocenters. The summed E-state index contributed by atoms with van der Waals surface area (Å²) in [6.45, 7) is 6.61. The molecular formula is C54H104O6. The van der Waals surface area contributed by atoms with Crippen molar-refractivity contribution in [2.45, 2.75) is 316 Å². The zero-order valence-electron chi connectivity index (χ0n) is 40.8. The van der Waals surface area contributed by atoms with Gasteiger partial charge in [-0.05, 0) is 19.3 Å². The largest absolute Gasteiger partial charge is 0.462 e. The maximum atomic E-state index is 12.7. The summed E-state index contributed by atoms with van der Waals surface area (Å²) < 4.78 is 16.7. The second-order valence-corrected chi connectivity index (χ2v) is 18.5. The predicted molar refractivity (Wildman–Crippen MR) is 257 cm³/mol. The molecule has 60 heavy (non-hydrogen) atoms. The van der Waals surface area contributed by atoms with Gasteiger partial charge in [-0.15, -0.1) is 0 Å². The number of unbranched alkanes of at least 4 members (excludes halogenated alkanes) is 39. The van der Waals surface area contributed by atoms with E-state index in [4.69, 9.17) is 14.2 Å². The zero-order chi connectivity index (χ0) is 43.7. The van der Waals surface area contributed by atoms with Crippen molar-refractivity contribution in [3.8, 4) is 0 Å². The van der Waals surface area contributed by atoms with E-state index in [2.05, 4.69) is 20.8 Å². The highest BCUT2D eigenvalue weighted by Crippen LogP contribution is 2.17. The van der Waals surface area contributed by atoms with E-state index in [1.807, 2.05) is 0 Å². The summed E-state index contributed by atoms with van der Waals surface area (Å²) >= 11 is 0. The first kappa shape index (κ1) is 58.4. The van der Waals surface area contributed by atoms with E-state index in [0.29, 0.717) is 19.3 Å². The fraction of sp³-hybridized carbons (Fsp3) is 0.944. The number of hydrogen-bond acceptors (Lipinski definition) is 6. The van der Waals surface area contributed by atoms with Gasteiger partial charge in [-0.3, -0.25) is 14.4 Å². The molecule has 0 N–H and O–H groups in total. The van der Waals surface area contributed by atoms with E-state index in [9.17, 15) is 14.4 Å². The molecule has 0 aromatic carbocycles. The number of carbonyl (C=O) groups is 3. The number of hydrogen-bond donors (Lipinski definition) is 0. The Morgan fingerprint density at radius 3 is 0.667 bits per heavy atom. The fourth-order valence-corrected chi connectivity index (χ4v) is 8.27. The summed E-state index contributed by atoms with van der Waals surface area (Å²) in [7, 11) is 0. The Morgan fingerprint density at radius 2 is 0.450 bits per heavy atom. The first-order chi connectivity index (χ1) is 29.5. The van der Waals surface area contributed by atoms with Crippen LogP contribution >= 0.6 is 0 Å². The molecule has 0 fully saturated rings. The average Bonchev–Trinajstić information content (AvgIpc) is 3.24. The van der Waals surface area contributed by atoms with Crippen LogP contribution in [0, 0.1) is 0 Å². The summed E-state index contributed by atoms with van der Waals surface area (Å²) in [6, 6.07) is 0. The molecule has 0 radical (unpaired) electrons. The number of esters is 3. The van der Waals surface area contributed by atoms with E-state index in [-0.39, 0.29) is 31.1 Å². The third-order valence-corrected chi connectivity index (χ3v) is 12.4. The molecule has 0 bridgehead atoms. The molecule has 0 aliphatic carbocycles. The lowest BCUT2D eigenvalue weighted by Gasteiger charge is -2.18. The van der Waals surface area contributed by atoms with Crippen molar-refractivity contribution in [2.24, 2.45) is 0 Å². The Kier molecular flexibility index (Phi) is 48.7. The smallest absolute Gasteiger partial charge is 0.306 e. The van der Waals surface area contributed by atoms with Gasteiger partial charge in [0.2, 0.25) is 0 Å². The molecule has 1 atom stereocenters. The molecule has 356 valence electrons. The minimum atomic E-state index is -0.758.